The standard InChI is InChI=1S/C11H17NO2S/c12-6-2-1-5-11(13)7-9-3-4-10(8-11)15(9)14/h9-10,13H,1-5,7-8H2. The van der Waals surface area contributed by atoms with Crippen LogP contribution >= 0.6 is 0 Å². The van der Waals surface area contributed by atoms with Crippen LogP contribution in [-0.4, -0.2) is 25.4 Å². The molecule has 0 amide bonds. The number of aliphatic hydroxyl groups is 1. The first-order chi connectivity index (χ1) is 7.14. The second-order valence-corrected chi connectivity index (χ2v) is 6.78. The van der Waals surface area contributed by atoms with E-state index in [9.17, 15) is 9.32 Å². The molecule has 4 heteroatoms. The molecule has 2 aliphatic rings. The Bertz CT molecular complexity index is 294. The van der Waals surface area contributed by atoms with Crippen molar-refractivity contribution in [2.24, 2.45) is 0 Å². The predicted octanol–water partition coefficient (Wildman–Crippen LogP) is 1.48. The Morgan fingerprint density at radius 1 is 1.40 bits per heavy atom. The molecule has 2 atom stereocenters. The summed E-state index contributed by atoms with van der Waals surface area (Å²) in [5, 5.41) is 19.2. The van der Waals surface area contributed by atoms with Gasteiger partial charge in [-0.15, -0.1) is 0 Å². The summed E-state index contributed by atoms with van der Waals surface area (Å²) in [6.07, 6.45) is 5.36. The zero-order chi connectivity index (χ0) is 10.9. The fraction of sp³-hybridized carbons (Fsp3) is 0.909. The highest BCUT2D eigenvalue weighted by molar-refractivity contribution is 7.86. The van der Waals surface area contributed by atoms with Crippen LogP contribution in [0.3, 0.4) is 0 Å². The van der Waals surface area contributed by atoms with Gasteiger partial charge in [-0.3, -0.25) is 4.21 Å². The Labute approximate surface area is 92.9 Å². The minimum Gasteiger partial charge on any atom is -0.390 e. The lowest BCUT2D eigenvalue weighted by Gasteiger charge is -2.35. The Kier molecular flexibility index (Phi) is 3.13. The van der Waals surface area contributed by atoms with Crippen LogP contribution in [0, 0.1) is 11.3 Å². The molecule has 0 saturated carbocycles. The van der Waals surface area contributed by atoms with Gasteiger partial charge in [-0.05, 0) is 38.5 Å². The molecular formula is C11H17NO2S. The number of fused-ring (bicyclic) bond motifs is 2. The number of nitrogens with zero attached hydrogens (tertiary/aromatic N) is 1. The van der Waals surface area contributed by atoms with E-state index in [0.29, 0.717) is 25.7 Å². The Morgan fingerprint density at radius 2 is 2.00 bits per heavy atom. The van der Waals surface area contributed by atoms with E-state index < -0.39 is 16.4 Å². The monoisotopic (exact) mass is 227 g/mol. The Morgan fingerprint density at radius 3 is 2.53 bits per heavy atom. The van der Waals surface area contributed by atoms with Crippen molar-refractivity contribution in [3.63, 3.8) is 0 Å². The Balaban J connectivity index is 1.94. The normalized spacial score (nSPS) is 43.9. The van der Waals surface area contributed by atoms with Crippen molar-refractivity contribution in [2.75, 3.05) is 0 Å². The second kappa shape index (κ2) is 4.23. The molecular weight excluding hydrogens is 210 g/mol. The minimum atomic E-state index is -0.698. The molecule has 0 spiro atoms. The van der Waals surface area contributed by atoms with Crippen LogP contribution in [0.25, 0.3) is 0 Å². The zero-order valence-corrected chi connectivity index (χ0v) is 9.63. The summed E-state index contributed by atoms with van der Waals surface area (Å²) in [4.78, 5) is 0. The third-order valence-corrected chi connectivity index (χ3v) is 5.73. The molecule has 3 nitrogen and oxygen atoms in total. The van der Waals surface area contributed by atoms with Gasteiger partial charge in [-0.2, -0.15) is 5.26 Å². The first-order valence-corrected chi connectivity index (χ1v) is 6.91. The Hall–Kier alpha value is -0.400. The fourth-order valence-electron chi connectivity index (χ4n) is 2.88. The van der Waals surface area contributed by atoms with E-state index in [0.717, 1.165) is 19.3 Å². The maximum atomic E-state index is 11.8. The molecule has 2 saturated heterocycles. The van der Waals surface area contributed by atoms with Crippen molar-refractivity contribution >= 4 is 10.8 Å². The van der Waals surface area contributed by atoms with Gasteiger partial charge in [-0.25, -0.2) is 0 Å². The van der Waals surface area contributed by atoms with Gasteiger partial charge in [0.15, 0.2) is 0 Å². The van der Waals surface area contributed by atoms with Crippen LogP contribution in [0.15, 0.2) is 0 Å². The average molecular weight is 227 g/mol. The highest BCUT2D eigenvalue weighted by Crippen LogP contribution is 2.42. The molecule has 2 unspecified atom stereocenters. The first kappa shape index (κ1) is 11.1. The van der Waals surface area contributed by atoms with Crippen LogP contribution in [-0.2, 0) is 10.8 Å². The van der Waals surface area contributed by atoms with Crippen molar-refractivity contribution in [3.05, 3.63) is 0 Å². The van der Waals surface area contributed by atoms with Crippen LogP contribution in [0.4, 0.5) is 0 Å². The maximum absolute atomic E-state index is 11.8. The van der Waals surface area contributed by atoms with Gasteiger partial charge in [0.05, 0.1) is 11.7 Å². The molecule has 2 aliphatic heterocycles. The molecule has 84 valence electrons. The zero-order valence-electron chi connectivity index (χ0n) is 8.82. The van der Waals surface area contributed by atoms with Gasteiger partial charge < -0.3 is 5.11 Å². The molecule has 2 fully saturated rings. The van der Waals surface area contributed by atoms with E-state index in [-0.39, 0.29) is 10.5 Å². The fourth-order valence-corrected chi connectivity index (χ4v) is 5.11. The van der Waals surface area contributed by atoms with Gasteiger partial charge in [-0.1, -0.05) is 0 Å². The van der Waals surface area contributed by atoms with Gasteiger partial charge in [0.2, 0.25) is 0 Å². The number of unbranched alkanes of at least 4 members (excludes halogenated alkanes) is 1. The van der Waals surface area contributed by atoms with Gasteiger partial charge >= 0.3 is 0 Å². The number of rotatable bonds is 3. The van der Waals surface area contributed by atoms with Crippen molar-refractivity contribution in [1.82, 2.24) is 0 Å². The largest absolute Gasteiger partial charge is 0.390 e. The van der Waals surface area contributed by atoms with Gasteiger partial charge in [0.1, 0.15) is 0 Å². The van der Waals surface area contributed by atoms with Gasteiger partial charge in [0, 0.05) is 27.7 Å². The number of hydrogen-bond acceptors (Lipinski definition) is 3. The summed E-state index contributed by atoms with van der Waals surface area (Å²) in [7, 11) is -0.698. The molecule has 1 N–H and O–H groups in total. The molecule has 0 aromatic heterocycles. The molecule has 15 heavy (non-hydrogen) atoms. The lowest BCUT2D eigenvalue weighted by Crippen LogP contribution is -2.42. The van der Waals surface area contributed by atoms with E-state index in [1.807, 2.05) is 0 Å². The summed E-state index contributed by atoms with van der Waals surface area (Å²) in [6, 6.07) is 2.10. The van der Waals surface area contributed by atoms with Crippen LogP contribution in [0.1, 0.15) is 44.9 Å². The average Bonchev–Trinajstić information content (AvgIpc) is 2.44. The molecule has 0 radical (unpaired) electrons. The minimum absolute atomic E-state index is 0.218. The van der Waals surface area contributed by atoms with Crippen molar-refractivity contribution in [1.29, 1.82) is 5.26 Å². The van der Waals surface area contributed by atoms with Crippen LogP contribution in [0.2, 0.25) is 0 Å². The van der Waals surface area contributed by atoms with E-state index in [1.54, 1.807) is 0 Å². The maximum Gasteiger partial charge on any atom is 0.0671 e. The summed E-state index contributed by atoms with van der Waals surface area (Å²) in [6.45, 7) is 0. The topological polar surface area (TPSA) is 61.1 Å². The molecule has 2 heterocycles. The summed E-state index contributed by atoms with van der Waals surface area (Å²) < 4.78 is 11.8. The van der Waals surface area contributed by atoms with Crippen molar-refractivity contribution < 1.29 is 9.32 Å². The van der Waals surface area contributed by atoms with Crippen LogP contribution < -0.4 is 0 Å². The van der Waals surface area contributed by atoms with E-state index in [4.69, 9.17) is 5.26 Å². The predicted molar refractivity (Wildman–Crippen MR) is 58.6 cm³/mol. The van der Waals surface area contributed by atoms with E-state index in [2.05, 4.69) is 6.07 Å². The van der Waals surface area contributed by atoms with E-state index >= 15 is 0 Å². The molecule has 0 aliphatic carbocycles. The third kappa shape index (κ3) is 2.24. The van der Waals surface area contributed by atoms with Crippen molar-refractivity contribution in [2.45, 2.75) is 61.0 Å². The highest BCUT2D eigenvalue weighted by Gasteiger charge is 2.46. The van der Waals surface area contributed by atoms with E-state index in [1.165, 1.54) is 0 Å². The quantitative estimate of drug-likeness (QED) is 0.743. The van der Waals surface area contributed by atoms with Crippen LogP contribution in [0.5, 0.6) is 0 Å². The third-order valence-electron chi connectivity index (χ3n) is 3.61. The molecule has 0 aromatic carbocycles. The lowest BCUT2D eigenvalue weighted by molar-refractivity contribution is 0.0128. The SMILES string of the molecule is N#CCCCC1(O)CC2CCC(C1)S2=O. The summed E-state index contributed by atoms with van der Waals surface area (Å²) in [5.41, 5.74) is -0.628. The second-order valence-electron chi connectivity index (χ2n) is 4.79. The number of hydrogen-bond donors (Lipinski definition) is 1. The molecule has 2 bridgehead atoms. The summed E-state index contributed by atoms with van der Waals surface area (Å²) in [5.74, 6) is 0. The lowest BCUT2D eigenvalue weighted by atomic mass is 9.88. The van der Waals surface area contributed by atoms with Crippen molar-refractivity contribution in [3.8, 4) is 6.07 Å². The first-order valence-electron chi connectivity index (χ1n) is 5.63. The number of nitriles is 1. The van der Waals surface area contributed by atoms with Gasteiger partial charge in [0.25, 0.3) is 0 Å². The highest BCUT2D eigenvalue weighted by atomic mass is 32.2. The summed E-state index contributed by atoms with van der Waals surface area (Å²) >= 11 is 0. The molecule has 0 aromatic rings. The smallest absolute Gasteiger partial charge is 0.0671 e. The molecule has 2 rings (SSSR count).